The molecule has 0 saturated carbocycles. The van der Waals surface area contributed by atoms with E-state index in [1.165, 1.54) is 19.5 Å². The Bertz CT molecular complexity index is 520. The van der Waals surface area contributed by atoms with Crippen molar-refractivity contribution in [3.8, 4) is 5.88 Å². The number of hydrogen-bond donors (Lipinski definition) is 3. The molecule has 0 unspecified atom stereocenters. The maximum atomic E-state index is 11.7. The van der Waals surface area contributed by atoms with Crippen LogP contribution in [0, 0.1) is 0 Å². The summed E-state index contributed by atoms with van der Waals surface area (Å²) in [6, 6.07) is 3.32. The topological polar surface area (TPSA) is 106 Å². The van der Waals surface area contributed by atoms with Crippen LogP contribution in [0.3, 0.4) is 0 Å². The van der Waals surface area contributed by atoms with Gasteiger partial charge in [-0.05, 0) is 6.07 Å². The van der Waals surface area contributed by atoms with Gasteiger partial charge in [-0.25, -0.2) is 4.98 Å². The number of nitrogens with zero attached hydrogens (tertiary/aromatic N) is 2. The molecular weight excluding hydrogens is 222 g/mol. The van der Waals surface area contributed by atoms with Gasteiger partial charge in [0.15, 0.2) is 0 Å². The lowest BCUT2D eigenvalue weighted by atomic mass is 10.3. The molecule has 2 aromatic heterocycles. The Morgan fingerprint density at radius 2 is 2.29 bits per heavy atom. The summed E-state index contributed by atoms with van der Waals surface area (Å²) in [5, 5.41) is 8.81. The first kappa shape index (κ1) is 10.9. The van der Waals surface area contributed by atoms with Gasteiger partial charge in [-0.3, -0.25) is 9.89 Å². The monoisotopic (exact) mass is 233 g/mol. The van der Waals surface area contributed by atoms with Crippen molar-refractivity contribution in [3.05, 3.63) is 30.2 Å². The minimum absolute atomic E-state index is 0.223. The number of pyridine rings is 1. The molecule has 0 bridgehead atoms. The standard InChI is InChI=1S/C10H11N5O2/c1-17-8-3-2-6(4-12-8)14-10(16)9-7(11)5-13-15-9/h2-5H,11H2,1H3,(H,13,15)(H,14,16). The van der Waals surface area contributed by atoms with Crippen LogP contribution in [0.25, 0.3) is 0 Å². The van der Waals surface area contributed by atoms with Gasteiger partial charge in [0, 0.05) is 6.07 Å². The number of nitrogens with one attached hydrogen (secondary N) is 2. The first-order chi connectivity index (χ1) is 8.20. The minimum Gasteiger partial charge on any atom is -0.481 e. The van der Waals surface area contributed by atoms with E-state index in [1.807, 2.05) is 0 Å². The zero-order valence-electron chi connectivity index (χ0n) is 9.10. The lowest BCUT2D eigenvalue weighted by molar-refractivity contribution is 0.102. The van der Waals surface area contributed by atoms with Crippen LogP contribution in [-0.2, 0) is 0 Å². The number of carbonyl (C=O) groups excluding carboxylic acids is 1. The molecule has 2 rings (SSSR count). The molecule has 2 heterocycles. The lowest BCUT2D eigenvalue weighted by Crippen LogP contribution is -2.14. The molecule has 0 spiro atoms. The molecule has 7 heteroatoms. The van der Waals surface area contributed by atoms with E-state index in [1.54, 1.807) is 12.1 Å². The second-order valence-electron chi connectivity index (χ2n) is 3.24. The number of anilines is 2. The third-order valence-electron chi connectivity index (χ3n) is 2.10. The molecule has 17 heavy (non-hydrogen) atoms. The highest BCUT2D eigenvalue weighted by molar-refractivity contribution is 6.06. The Labute approximate surface area is 97.0 Å². The molecule has 0 fully saturated rings. The Hall–Kier alpha value is -2.57. The fraction of sp³-hybridized carbons (Fsp3) is 0.100. The number of aromatic nitrogens is 3. The molecule has 4 N–H and O–H groups in total. The first-order valence-electron chi connectivity index (χ1n) is 4.81. The van der Waals surface area contributed by atoms with E-state index in [9.17, 15) is 4.79 Å². The molecule has 7 nitrogen and oxygen atoms in total. The largest absolute Gasteiger partial charge is 0.481 e. The predicted molar refractivity (Wildman–Crippen MR) is 61.7 cm³/mol. The fourth-order valence-corrected chi connectivity index (χ4v) is 1.25. The summed E-state index contributed by atoms with van der Waals surface area (Å²) >= 11 is 0. The number of amides is 1. The highest BCUT2D eigenvalue weighted by Gasteiger charge is 2.11. The number of rotatable bonds is 3. The predicted octanol–water partition coefficient (Wildman–Crippen LogP) is 0.648. The molecule has 0 aliphatic carbocycles. The number of nitrogen functional groups attached to an aromatic ring is 1. The van der Waals surface area contributed by atoms with Gasteiger partial charge >= 0.3 is 0 Å². The van der Waals surface area contributed by atoms with E-state index in [0.717, 1.165) is 0 Å². The molecule has 0 saturated heterocycles. The van der Waals surface area contributed by atoms with Crippen molar-refractivity contribution in [3.63, 3.8) is 0 Å². The van der Waals surface area contributed by atoms with Crippen LogP contribution in [0.1, 0.15) is 10.5 Å². The van der Waals surface area contributed by atoms with Gasteiger partial charge in [-0.15, -0.1) is 0 Å². The summed E-state index contributed by atoms with van der Waals surface area (Å²) in [4.78, 5) is 15.7. The second-order valence-corrected chi connectivity index (χ2v) is 3.24. The van der Waals surface area contributed by atoms with Crippen molar-refractivity contribution in [2.75, 3.05) is 18.2 Å². The van der Waals surface area contributed by atoms with Crippen molar-refractivity contribution in [1.82, 2.24) is 15.2 Å². The molecule has 0 aromatic carbocycles. The number of H-pyrrole nitrogens is 1. The minimum atomic E-state index is -0.369. The van der Waals surface area contributed by atoms with E-state index >= 15 is 0 Å². The van der Waals surface area contributed by atoms with Gasteiger partial charge in [0.2, 0.25) is 5.88 Å². The van der Waals surface area contributed by atoms with Crippen LogP contribution in [0.4, 0.5) is 11.4 Å². The SMILES string of the molecule is COc1ccc(NC(=O)c2[nH]ncc2N)cn1. The highest BCUT2D eigenvalue weighted by Crippen LogP contribution is 2.13. The van der Waals surface area contributed by atoms with E-state index in [4.69, 9.17) is 10.5 Å². The Morgan fingerprint density at radius 1 is 1.47 bits per heavy atom. The van der Waals surface area contributed by atoms with Gasteiger partial charge in [-0.1, -0.05) is 0 Å². The molecular formula is C10H11N5O2. The number of aromatic amines is 1. The van der Waals surface area contributed by atoms with Crippen LogP contribution in [0.5, 0.6) is 5.88 Å². The summed E-state index contributed by atoms with van der Waals surface area (Å²) < 4.78 is 4.91. The zero-order chi connectivity index (χ0) is 12.3. The molecule has 0 radical (unpaired) electrons. The van der Waals surface area contributed by atoms with Crippen molar-refractivity contribution < 1.29 is 9.53 Å². The second kappa shape index (κ2) is 4.52. The molecule has 1 amide bonds. The van der Waals surface area contributed by atoms with E-state index < -0.39 is 0 Å². The van der Waals surface area contributed by atoms with Crippen molar-refractivity contribution in [2.24, 2.45) is 0 Å². The van der Waals surface area contributed by atoms with Crippen LogP contribution >= 0.6 is 0 Å². The van der Waals surface area contributed by atoms with Gasteiger partial charge in [0.1, 0.15) is 5.69 Å². The third kappa shape index (κ3) is 2.33. The summed E-state index contributed by atoms with van der Waals surface area (Å²) in [6.45, 7) is 0. The van der Waals surface area contributed by atoms with Crippen LogP contribution < -0.4 is 15.8 Å². The fourth-order valence-electron chi connectivity index (χ4n) is 1.25. The number of ether oxygens (including phenoxy) is 1. The maximum Gasteiger partial charge on any atom is 0.275 e. The summed E-state index contributed by atoms with van der Waals surface area (Å²) in [5.74, 6) is 0.107. The number of carbonyl (C=O) groups is 1. The Morgan fingerprint density at radius 3 is 2.82 bits per heavy atom. The Kier molecular flexibility index (Phi) is 2.91. The van der Waals surface area contributed by atoms with E-state index in [0.29, 0.717) is 17.3 Å². The molecule has 0 aliphatic heterocycles. The van der Waals surface area contributed by atoms with Gasteiger partial charge < -0.3 is 15.8 Å². The van der Waals surface area contributed by atoms with Crippen molar-refractivity contribution >= 4 is 17.3 Å². The summed E-state index contributed by atoms with van der Waals surface area (Å²) in [7, 11) is 1.52. The number of nitrogens with two attached hydrogens (primary N) is 1. The molecule has 88 valence electrons. The number of methoxy groups -OCH3 is 1. The summed E-state index contributed by atoms with van der Waals surface area (Å²) in [5.41, 5.74) is 6.61. The summed E-state index contributed by atoms with van der Waals surface area (Å²) in [6.07, 6.45) is 2.87. The number of hydrogen-bond acceptors (Lipinski definition) is 5. The lowest BCUT2D eigenvalue weighted by Gasteiger charge is -2.04. The quantitative estimate of drug-likeness (QED) is 0.721. The Balaban J connectivity index is 2.10. The van der Waals surface area contributed by atoms with E-state index in [2.05, 4.69) is 20.5 Å². The van der Waals surface area contributed by atoms with E-state index in [-0.39, 0.29) is 11.6 Å². The highest BCUT2D eigenvalue weighted by atomic mass is 16.5. The smallest absolute Gasteiger partial charge is 0.275 e. The molecule has 0 aliphatic rings. The zero-order valence-corrected chi connectivity index (χ0v) is 9.10. The van der Waals surface area contributed by atoms with Crippen LogP contribution in [0.2, 0.25) is 0 Å². The average molecular weight is 233 g/mol. The van der Waals surface area contributed by atoms with Gasteiger partial charge in [0.05, 0.1) is 30.9 Å². The van der Waals surface area contributed by atoms with Gasteiger partial charge in [0.25, 0.3) is 5.91 Å². The van der Waals surface area contributed by atoms with Crippen LogP contribution in [-0.4, -0.2) is 28.2 Å². The third-order valence-corrected chi connectivity index (χ3v) is 2.10. The maximum absolute atomic E-state index is 11.7. The average Bonchev–Trinajstić information content (AvgIpc) is 2.76. The molecule has 0 atom stereocenters. The van der Waals surface area contributed by atoms with Crippen molar-refractivity contribution in [1.29, 1.82) is 0 Å². The van der Waals surface area contributed by atoms with Gasteiger partial charge in [-0.2, -0.15) is 5.10 Å². The first-order valence-corrected chi connectivity index (χ1v) is 4.81. The normalized spacial score (nSPS) is 9.94. The molecule has 2 aromatic rings. The van der Waals surface area contributed by atoms with Crippen molar-refractivity contribution in [2.45, 2.75) is 0 Å². The van der Waals surface area contributed by atoms with Crippen LogP contribution in [0.15, 0.2) is 24.5 Å².